The van der Waals surface area contributed by atoms with Crippen LogP contribution in [0.25, 0.3) is 21.8 Å². The summed E-state index contributed by atoms with van der Waals surface area (Å²) in [7, 11) is 0. The maximum atomic E-state index is 13.0. The van der Waals surface area contributed by atoms with E-state index in [4.69, 9.17) is 17.3 Å². The summed E-state index contributed by atoms with van der Waals surface area (Å²) < 4.78 is 0. The highest BCUT2D eigenvalue weighted by atomic mass is 35.5. The number of halogens is 1. The molecule has 1 aliphatic rings. The number of aromatic amines is 1. The molecule has 1 saturated heterocycles. The number of fused-ring (bicyclic) bond motifs is 2. The highest BCUT2D eigenvalue weighted by molar-refractivity contribution is 6.31. The molecular weight excluding hydrogens is 444 g/mol. The minimum atomic E-state index is -1.04. The van der Waals surface area contributed by atoms with Crippen molar-refractivity contribution >= 4 is 51.1 Å². The summed E-state index contributed by atoms with van der Waals surface area (Å²) in [6.45, 7) is 0.957. The monoisotopic (exact) mass is 464 g/mol. The van der Waals surface area contributed by atoms with Gasteiger partial charge in [0.1, 0.15) is 18.2 Å². The van der Waals surface area contributed by atoms with Crippen LogP contribution in [0.3, 0.4) is 0 Å². The van der Waals surface area contributed by atoms with Gasteiger partial charge in [0.25, 0.3) is 0 Å². The fraction of sp³-hybridized carbons (Fsp3) is 0.217. The maximum Gasteiger partial charge on any atom is 0.327 e. The Morgan fingerprint density at radius 2 is 2.03 bits per heavy atom. The van der Waals surface area contributed by atoms with E-state index in [1.54, 1.807) is 12.1 Å². The molecule has 2 aromatic heterocycles. The Labute approximate surface area is 193 Å². The number of aromatic nitrogens is 3. The summed E-state index contributed by atoms with van der Waals surface area (Å²) in [6.07, 6.45) is 1.38. The van der Waals surface area contributed by atoms with Gasteiger partial charge in [0, 0.05) is 46.6 Å². The first-order chi connectivity index (χ1) is 15.9. The van der Waals surface area contributed by atoms with Crippen molar-refractivity contribution in [2.24, 2.45) is 0 Å². The SMILES string of the molecule is Nc1ncnc2cc(CN3C(=O)CN(Cc4cc5cc(Cl)ccc5[nH]4)C[C@@H]3C(=O)O)ccc12. The number of aliphatic carboxylic acids is 1. The van der Waals surface area contributed by atoms with Crippen LogP contribution in [0.4, 0.5) is 5.82 Å². The van der Waals surface area contributed by atoms with E-state index >= 15 is 0 Å². The van der Waals surface area contributed by atoms with Crippen molar-refractivity contribution in [2.45, 2.75) is 19.1 Å². The van der Waals surface area contributed by atoms with Crippen LogP contribution in [0.1, 0.15) is 11.3 Å². The number of nitrogens with zero attached hydrogens (tertiary/aromatic N) is 4. The van der Waals surface area contributed by atoms with Gasteiger partial charge in [-0.05, 0) is 42.0 Å². The standard InChI is InChI=1S/C23H21ClN6O3/c24-15-2-4-18-14(6-15)7-16(28-18)9-29-10-20(23(32)33)30(21(31)11-29)8-13-1-3-17-19(5-13)26-12-27-22(17)25/h1-7,12,20,28H,8-11H2,(H,32,33)(H2,25,26,27)/t20-/m1/s1. The van der Waals surface area contributed by atoms with Gasteiger partial charge in [0.15, 0.2) is 0 Å². The normalized spacial score (nSPS) is 17.2. The van der Waals surface area contributed by atoms with Crippen LogP contribution < -0.4 is 5.73 Å². The van der Waals surface area contributed by atoms with Crippen LogP contribution in [-0.4, -0.2) is 60.9 Å². The Hall–Kier alpha value is -3.69. The number of hydrogen-bond acceptors (Lipinski definition) is 6. The van der Waals surface area contributed by atoms with E-state index in [9.17, 15) is 14.7 Å². The van der Waals surface area contributed by atoms with E-state index in [-0.39, 0.29) is 25.5 Å². The minimum absolute atomic E-state index is 0.128. The summed E-state index contributed by atoms with van der Waals surface area (Å²) in [5.41, 5.74) is 9.14. The lowest BCUT2D eigenvalue weighted by atomic mass is 10.1. The van der Waals surface area contributed by atoms with E-state index < -0.39 is 12.0 Å². The maximum absolute atomic E-state index is 13.0. The molecule has 1 aliphatic heterocycles. The van der Waals surface area contributed by atoms with Crippen LogP contribution in [0.2, 0.25) is 5.02 Å². The molecule has 1 amide bonds. The zero-order valence-electron chi connectivity index (χ0n) is 17.5. The summed E-state index contributed by atoms with van der Waals surface area (Å²) in [5.74, 6) is -0.905. The van der Waals surface area contributed by atoms with Crippen molar-refractivity contribution in [3.63, 3.8) is 0 Å². The summed E-state index contributed by atoms with van der Waals surface area (Å²) >= 11 is 6.06. The molecule has 1 atom stereocenters. The topological polar surface area (TPSA) is 128 Å². The van der Waals surface area contributed by atoms with Crippen molar-refractivity contribution < 1.29 is 14.7 Å². The van der Waals surface area contributed by atoms with Gasteiger partial charge < -0.3 is 20.7 Å². The Morgan fingerprint density at radius 3 is 2.85 bits per heavy atom. The molecule has 0 spiro atoms. The number of carboxylic acid groups (broad SMARTS) is 1. The molecular formula is C23H21ClN6O3. The van der Waals surface area contributed by atoms with E-state index in [0.29, 0.717) is 28.3 Å². The quantitative estimate of drug-likeness (QED) is 0.414. The number of carbonyl (C=O) groups is 2. The van der Waals surface area contributed by atoms with Crippen molar-refractivity contribution in [3.8, 4) is 0 Å². The Morgan fingerprint density at radius 1 is 1.18 bits per heavy atom. The van der Waals surface area contributed by atoms with Crippen LogP contribution in [0, 0.1) is 0 Å². The second-order valence-electron chi connectivity index (χ2n) is 8.18. The summed E-state index contributed by atoms with van der Waals surface area (Å²) in [5, 5.41) is 12.2. The smallest absolute Gasteiger partial charge is 0.327 e. The Balaban J connectivity index is 1.35. The molecule has 9 nitrogen and oxygen atoms in total. The number of piperazine rings is 1. The van der Waals surface area contributed by atoms with E-state index in [0.717, 1.165) is 22.2 Å². The molecule has 33 heavy (non-hydrogen) atoms. The number of carbonyl (C=O) groups excluding carboxylic acids is 1. The third kappa shape index (κ3) is 4.20. The first-order valence-electron chi connectivity index (χ1n) is 10.4. The molecule has 0 unspecified atom stereocenters. The highest BCUT2D eigenvalue weighted by Gasteiger charge is 2.37. The first kappa shape index (κ1) is 21.2. The van der Waals surface area contributed by atoms with Gasteiger partial charge in [-0.25, -0.2) is 14.8 Å². The lowest BCUT2D eigenvalue weighted by Crippen LogP contribution is -2.58. The molecule has 5 rings (SSSR count). The second-order valence-corrected chi connectivity index (χ2v) is 8.62. The van der Waals surface area contributed by atoms with Gasteiger partial charge in [-0.3, -0.25) is 9.69 Å². The van der Waals surface area contributed by atoms with Crippen molar-refractivity contribution in [1.82, 2.24) is 24.8 Å². The number of nitrogens with two attached hydrogens (primary N) is 1. The number of benzene rings is 2. The molecule has 1 fully saturated rings. The number of hydrogen-bond donors (Lipinski definition) is 3. The molecule has 4 aromatic rings. The molecule has 4 N–H and O–H groups in total. The number of nitrogen functional groups attached to an aromatic ring is 1. The third-order valence-corrected chi connectivity index (χ3v) is 6.12. The average Bonchev–Trinajstić information content (AvgIpc) is 3.16. The summed E-state index contributed by atoms with van der Waals surface area (Å²) in [6, 6.07) is 12.0. The fourth-order valence-corrected chi connectivity index (χ4v) is 4.48. The van der Waals surface area contributed by atoms with Crippen LogP contribution in [0.5, 0.6) is 0 Å². The zero-order valence-corrected chi connectivity index (χ0v) is 18.3. The predicted molar refractivity (Wildman–Crippen MR) is 125 cm³/mol. The van der Waals surface area contributed by atoms with Gasteiger partial charge in [0.05, 0.1) is 12.1 Å². The van der Waals surface area contributed by atoms with Gasteiger partial charge in [-0.1, -0.05) is 17.7 Å². The zero-order chi connectivity index (χ0) is 23.1. The molecule has 3 heterocycles. The molecule has 0 aliphatic carbocycles. The average molecular weight is 465 g/mol. The number of anilines is 1. The fourth-order valence-electron chi connectivity index (χ4n) is 4.30. The number of carboxylic acids is 1. The molecule has 0 saturated carbocycles. The Bertz CT molecular complexity index is 1390. The first-order valence-corrected chi connectivity index (χ1v) is 10.8. The van der Waals surface area contributed by atoms with E-state index in [2.05, 4.69) is 15.0 Å². The minimum Gasteiger partial charge on any atom is -0.480 e. The van der Waals surface area contributed by atoms with Crippen molar-refractivity contribution in [2.75, 3.05) is 18.8 Å². The molecule has 2 aromatic carbocycles. The van der Waals surface area contributed by atoms with Crippen LogP contribution in [0.15, 0.2) is 48.8 Å². The van der Waals surface area contributed by atoms with E-state index in [1.807, 2.05) is 35.2 Å². The van der Waals surface area contributed by atoms with Gasteiger partial charge in [-0.2, -0.15) is 0 Å². The molecule has 0 bridgehead atoms. The largest absolute Gasteiger partial charge is 0.480 e. The van der Waals surface area contributed by atoms with E-state index in [1.165, 1.54) is 11.2 Å². The second kappa shape index (κ2) is 8.34. The number of amides is 1. The Kier molecular flexibility index (Phi) is 5.35. The highest BCUT2D eigenvalue weighted by Crippen LogP contribution is 2.24. The van der Waals surface area contributed by atoms with Gasteiger partial charge in [0.2, 0.25) is 5.91 Å². The van der Waals surface area contributed by atoms with Gasteiger partial charge >= 0.3 is 5.97 Å². The number of nitrogens with one attached hydrogen (secondary N) is 1. The molecule has 0 radical (unpaired) electrons. The van der Waals surface area contributed by atoms with Crippen LogP contribution >= 0.6 is 11.6 Å². The van der Waals surface area contributed by atoms with Crippen LogP contribution in [-0.2, 0) is 22.7 Å². The molecule has 168 valence electrons. The lowest BCUT2D eigenvalue weighted by Gasteiger charge is -2.38. The van der Waals surface area contributed by atoms with Gasteiger partial charge in [-0.15, -0.1) is 0 Å². The number of rotatable bonds is 5. The summed E-state index contributed by atoms with van der Waals surface area (Å²) in [4.78, 5) is 39.8. The molecule has 10 heteroatoms. The lowest BCUT2D eigenvalue weighted by molar-refractivity contribution is -0.156. The van der Waals surface area contributed by atoms with Crippen molar-refractivity contribution in [1.29, 1.82) is 0 Å². The third-order valence-electron chi connectivity index (χ3n) is 5.89. The van der Waals surface area contributed by atoms with Crippen molar-refractivity contribution in [3.05, 3.63) is 65.1 Å². The predicted octanol–water partition coefficient (Wildman–Crippen LogP) is 2.64. The number of H-pyrrole nitrogens is 1.